The van der Waals surface area contributed by atoms with Gasteiger partial charge >= 0.3 is 5.97 Å². The molecule has 2 heterocycles. The molecule has 0 unspecified atom stereocenters. The van der Waals surface area contributed by atoms with E-state index in [4.69, 9.17) is 9.47 Å². The number of nitrogens with one attached hydrogen (secondary N) is 1. The molecule has 0 saturated carbocycles. The smallest absolute Gasteiger partial charge is 0.327 e. The Kier molecular flexibility index (Phi) is 7.74. The number of aryl methyl sites for hydroxylation is 2. The number of hydrogen-bond acceptors (Lipinski definition) is 8. The number of nitrogens with zero attached hydrogens (tertiary/aromatic N) is 5. The molecule has 0 radical (unpaired) electrons. The second-order valence-electron chi connectivity index (χ2n) is 8.66. The van der Waals surface area contributed by atoms with Crippen LogP contribution in [-0.2, 0) is 35.7 Å². The minimum absolute atomic E-state index is 0.0818. The van der Waals surface area contributed by atoms with Gasteiger partial charge in [-0.2, -0.15) is 0 Å². The van der Waals surface area contributed by atoms with E-state index in [1.54, 1.807) is 14.0 Å². The Morgan fingerprint density at radius 3 is 2.53 bits per heavy atom. The van der Waals surface area contributed by atoms with E-state index in [9.17, 15) is 9.59 Å². The van der Waals surface area contributed by atoms with Crippen LogP contribution in [-0.4, -0.2) is 49.8 Å². The van der Waals surface area contributed by atoms with E-state index in [0.717, 1.165) is 33.3 Å². The summed E-state index contributed by atoms with van der Waals surface area (Å²) in [6, 6.07) is 13.8. The molecular formula is C26H30N6O4. The zero-order valence-corrected chi connectivity index (χ0v) is 20.9. The molecule has 0 spiro atoms. The number of aromatic nitrogens is 5. The van der Waals surface area contributed by atoms with Gasteiger partial charge in [-0.3, -0.25) is 14.5 Å². The van der Waals surface area contributed by atoms with Crippen molar-refractivity contribution in [2.75, 3.05) is 13.7 Å². The van der Waals surface area contributed by atoms with Crippen LogP contribution >= 0.6 is 0 Å². The third-order valence-electron chi connectivity index (χ3n) is 6.04. The van der Waals surface area contributed by atoms with Crippen molar-refractivity contribution >= 4 is 16.9 Å². The van der Waals surface area contributed by atoms with Crippen LogP contribution in [0.25, 0.3) is 10.9 Å². The van der Waals surface area contributed by atoms with Gasteiger partial charge in [0.05, 0.1) is 25.8 Å². The van der Waals surface area contributed by atoms with Gasteiger partial charge in [-0.1, -0.05) is 24.3 Å². The lowest BCUT2D eigenvalue weighted by atomic mass is 10.0. The topological polar surface area (TPSA) is 115 Å². The molecule has 4 aromatic rings. The summed E-state index contributed by atoms with van der Waals surface area (Å²) in [6.45, 7) is 7.17. The van der Waals surface area contributed by atoms with E-state index < -0.39 is 5.97 Å². The highest BCUT2D eigenvalue weighted by Gasteiger charge is 2.18. The zero-order chi connectivity index (χ0) is 25.7. The summed E-state index contributed by atoms with van der Waals surface area (Å²) < 4.78 is 11.7. The quantitative estimate of drug-likeness (QED) is 0.338. The summed E-state index contributed by atoms with van der Waals surface area (Å²) in [6.07, 6.45) is 0. The van der Waals surface area contributed by atoms with Crippen LogP contribution in [0.3, 0.4) is 0 Å². The van der Waals surface area contributed by atoms with Gasteiger partial charge in [-0.25, -0.2) is 4.68 Å². The Morgan fingerprint density at radius 1 is 1.06 bits per heavy atom. The van der Waals surface area contributed by atoms with Crippen LogP contribution in [0.15, 0.2) is 47.3 Å². The number of H-pyrrole nitrogens is 1. The van der Waals surface area contributed by atoms with Crippen LogP contribution in [0.2, 0.25) is 0 Å². The number of fused-ring (bicyclic) bond motifs is 1. The first-order chi connectivity index (χ1) is 17.4. The minimum atomic E-state index is -0.412. The van der Waals surface area contributed by atoms with E-state index in [1.807, 2.05) is 50.2 Å². The molecule has 10 nitrogen and oxygen atoms in total. The fourth-order valence-electron chi connectivity index (χ4n) is 4.12. The number of methoxy groups -OCH3 is 1. The van der Waals surface area contributed by atoms with Crippen LogP contribution < -0.4 is 10.3 Å². The van der Waals surface area contributed by atoms with Crippen molar-refractivity contribution in [1.29, 1.82) is 0 Å². The monoisotopic (exact) mass is 490 g/mol. The molecule has 36 heavy (non-hydrogen) atoms. The summed E-state index contributed by atoms with van der Waals surface area (Å²) in [7, 11) is 1.63. The molecule has 0 aliphatic carbocycles. The van der Waals surface area contributed by atoms with Gasteiger partial charge in [-0.05, 0) is 66.1 Å². The van der Waals surface area contributed by atoms with Crippen LogP contribution in [0.4, 0.5) is 0 Å². The van der Waals surface area contributed by atoms with Crippen LogP contribution in [0.1, 0.15) is 35.0 Å². The molecule has 0 saturated heterocycles. The lowest BCUT2D eigenvalue weighted by Crippen LogP contribution is -2.28. The first-order valence-corrected chi connectivity index (χ1v) is 11.8. The maximum atomic E-state index is 13.0. The molecule has 0 fully saturated rings. The zero-order valence-electron chi connectivity index (χ0n) is 20.9. The number of esters is 1. The highest BCUT2D eigenvalue weighted by atomic mass is 16.5. The fourth-order valence-corrected chi connectivity index (χ4v) is 4.12. The second kappa shape index (κ2) is 11.1. The van der Waals surface area contributed by atoms with Crippen molar-refractivity contribution in [2.24, 2.45) is 0 Å². The third-order valence-corrected chi connectivity index (χ3v) is 6.04. The number of carbonyl (C=O) groups excluding carboxylic acids is 1. The average Bonchev–Trinajstić information content (AvgIpc) is 3.29. The molecule has 10 heteroatoms. The number of carbonyl (C=O) groups is 1. The molecule has 0 aliphatic heterocycles. The SMILES string of the molecule is CCOC(=O)Cn1nnnc1CN(Cc1ccc(OC)cc1)Cc1cc2c(C)ccc(C)c2[nH]c1=O. The number of tetrazole rings is 1. The van der Waals surface area contributed by atoms with Crippen molar-refractivity contribution in [2.45, 2.75) is 47.0 Å². The average molecular weight is 491 g/mol. The molecule has 0 bridgehead atoms. The Morgan fingerprint density at radius 2 is 1.81 bits per heavy atom. The number of pyridine rings is 1. The number of ether oxygens (including phenoxy) is 2. The van der Waals surface area contributed by atoms with Crippen molar-refractivity contribution in [3.8, 4) is 5.75 Å². The first kappa shape index (κ1) is 25.1. The van der Waals surface area contributed by atoms with Crippen LogP contribution in [0.5, 0.6) is 5.75 Å². The molecule has 2 aromatic heterocycles. The number of hydrogen-bond donors (Lipinski definition) is 1. The maximum Gasteiger partial charge on any atom is 0.327 e. The molecule has 0 atom stereocenters. The molecular weight excluding hydrogens is 460 g/mol. The molecule has 0 aliphatic rings. The van der Waals surface area contributed by atoms with Crippen molar-refractivity contribution in [3.05, 3.63) is 80.9 Å². The normalized spacial score (nSPS) is 11.2. The third kappa shape index (κ3) is 5.77. The summed E-state index contributed by atoms with van der Waals surface area (Å²) in [5, 5.41) is 12.8. The first-order valence-electron chi connectivity index (χ1n) is 11.8. The van der Waals surface area contributed by atoms with Crippen molar-refractivity contribution in [1.82, 2.24) is 30.1 Å². The summed E-state index contributed by atoms with van der Waals surface area (Å²) in [4.78, 5) is 30.2. The summed E-state index contributed by atoms with van der Waals surface area (Å²) >= 11 is 0. The highest BCUT2D eigenvalue weighted by Crippen LogP contribution is 2.21. The van der Waals surface area contributed by atoms with Crippen LogP contribution in [0, 0.1) is 13.8 Å². The minimum Gasteiger partial charge on any atom is -0.497 e. The standard InChI is InChI=1S/C26H30N6O4/c1-5-36-24(33)16-32-23(28-29-30-32)15-31(13-19-8-10-21(35-4)11-9-19)14-20-12-22-17(2)6-7-18(3)25(22)27-26(20)34/h6-12H,5,13-16H2,1-4H3,(H,27,34). The van der Waals surface area contributed by atoms with Gasteiger partial charge in [0.1, 0.15) is 12.3 Å². The maximum absolute atomic E-state index is 13.0. The van der Waals surface area contributed by atoms with E-state index in [1.165, 1.54) is 4.68 Å². The van der Waals surface area contributed by atoms with Gasteiger partial charge in [0.25, 0.3) is 5.56 Å². The van der Waals surface area contributed by atoms with Gasteiger partial charge in [0, 0.05) is 24.0 Å². The number of aromatic amines is 1. The lowest BCUT2D eigenvalue weighted by molar-refractivity contribution is -0.144. The van der Waals surface area contributed by atoms with Crippen molar-refractivity contribution in [3.63, 3.8) is 0 Å². The molecule has 4 rings (SSSR count). The fraction of sp³-hybridized carbons (Fsp3) is 0.346. The van der Waals surface area contributed by atoms with E-state index >= 15 is 0 Å². The van der Waals surface area contributed by atoms with Gasteiger partial charge < -0.3 is 14.5 Å². The Balaban J connectivity index is 1.65. The molecule has 1 N–H and O–H groups in total. The largest absolute Gasteiger partial charge is 0.497 e. The van der Waals surface area contributed by atoms with E-state index in [0.29, 0.717) is 31.0 Å². The molecule has 188 valence electrons. The van der Waals surface area contributed by atoms with E-state index in [2.05, 4.69) is 31.5 Å². The number of benzene rings is 2. The Bertz CT molecular complexity index is 1410. The highest BCUT2D eigenvalue weighted by molar-refractivity contribution is 5.85. The summed E-state index contributed by atoms with van der Waals surface area (Å²) in [5.74, 6) is 0.853. The lowest BCUT2D eigenvalue weighted by Gasteiger charge is -2.22. The van der Waals surface area contributed by atoms with Crippen molar-refractivity contribution < 1.29 is 14.3 Å². The molecule has 0 amide bonds. The van der Waals surface area contributed by atoms with Gasteiger partial charge in [0.15, 0.2) is 5.82 Å². The van der Waals surface area contributed by atoms with Gasteiger partial charge in [0.2, 0.25) is 0 Å². The predicted molar refractivity (Wildman–Crippen MR) is 134 cm³/mol. The van der Waals surface area contributed by atoms with E-state index in [-0.39, 0.29) is 18.7 Å². The predicted octanol–water partition coefficient (Wildman–Crippen LogP) is 2.91. The molecule has 2 aromatic carbocycles. The summed E-state index contributed by atoms with van der Waals surface area (Å²) in [5.41, 5.74) is 4.49. The number of rotatable bonds is 10. The Hall–Kier alpha value is -4.05. The Labute approximate surface area is 208 Å². The second-order valence-corrected chi connectivity index (χ2v) is 8.66. The van der Waals surface area contributed by atoms with Gasteiger partial charge in [-0.15, -0.1) is 5.10 Å².